The summed E-state index contributed by atoms with van der Waals surface area (Å²) in [7, 11) is 0. The van der Waals surface area contributed by atoms with Crippen LogP contribution in [0.1, 0.15) is 44.6 Å². The summed E-state index contributed by atoms with van der Waals surface area (Å²) < 4.78 is 22.3. The van der Waals surface area contributed by atoms with E-state index >= 15 is 0 Å². The number of hydrogen-bond acceptors (Lipinski definition) is 12. The Morgan fingerprint density at radius 3 is 1.57 bits per heavy atom. The number of benzene rings is 1. The van der Waals surface area contributed by atoms with Gasteiger partial charge in [0.15, 0.2) is 22.8 Å². The topological polar surface area (TPSA) is 201 Å². The van der Waals surface area contributed by atoms with Crippen LogP contribution in [0.5, 0.6) is 0 Å². The number of oxazole rings is 4. The van der Waals surface area contributed by atoms with E-state index in [0.717, 1.165) is 16.7 Å². The van der Waals surface area contributed by atoms with Crippen molar-refractivity contribution in [3.05, 3.63) is 89.5 Å². The third-order valence-corrected chi connectivity index (χ3v) is 6.68. The monoisotopic (exact) mass is 592 g/mol. The first-order chi connectivity index (χ1) is 21.4. The lowest BCUT2D eigenvalue weighted by atomic mass is 10.0. The number of nitrogens with zero attached hydrogens (tertiary/aromatic N) is 5. The SMILES string of the molecule is CC(N)Cc1cc2cc(c1)CNC(=O)c1coc(n1)-c1coc(n1)-c1cccc(n1)-c1nc(co1)-c1nc(co1)C(=O)NC2. The van der Waals surface area contributed by atoms with Crippen LogP contribution in [-0.4, -0.2) is 42.8 Å². The van der Waals surface area contributed by atoms with Crippen molar-refractivity contribution in [2.75, 3.05) is 0 Å². The van der Waals surface area contributed by atoms with Gasteiger partial charge >= 0.3 is 0 Å². The number of carbonyl (C=O) groups is 2. The van der Waals surface area contributed by atoms with Gasteiger partial charge in [0, 0.05) is 19.1 Å². The van der Waals surface area contributed by atoms with Crippen LogP contribution in [0.25, 0.3) is 46.3 Å². The maximum Gasteiger partial charge on any atom is 0.273 e. The van der Waals surface area contributed by atoms with Crippen LogP contribution in [-0.2, 0) is 19.5 Å². The van der Waals surface area contributed by atoms with Crippen molar-refractivity contribution in [2.24, 2.45) is 5.73 Å². The first-order valence-electron chi connectivity index (χ1n) is 13.6. The molecule has 1 aliphatic heterocycles. The molecule has 1 unspecified atom stereocenters. The normalized spacial score (nSPS) is 14.0. The van der Waals surface area contributed by atoms with E-state index in [0.29, 0.717) is 17.8 Å². The number of aromatic nitrogens is 5. The van der Waals surface area contributed by atoms with Crippen molar-refractivity contribution < 1.29 is 27.3 Å². The van der Waals surface area contributed by atoms with E-state index in [1.165, 1.54) is 25.1 Å². The van der Waals surface area contributed by atoms with Gasteiger partial charge in [0.25, 0.3) is 11.8 Å². The van der Waals surface area contributed by atoms with Crippen LogP contribution in [0.3, 0.4) is 0 Å². The summed E-state index contributed by atoms with van der Waals surface area (Å²) in [6.07, 6.45) is 5.84. The molecule has 14 heteroatoms. The minimum absolute atomic E-state index is 0.0741. The summed E-state index contributed by atoms with van der Waals surface area (Å²) >= 11 is 0. The minimum atomic E-state index is -0.438. The van der Waals surface area contributed by atoms with Gasteiger partial charge in [0.2, 0.25) is 23.6 Å². The van der Waals surface area contributed by atoms with E-state index in [4.69, 9.17) is 23.4 Å². The van der Waals surface area contributed by atoms with Gasteiger partial charge in [-0.2, -0.15) is 0 Å². The summed E-state index contributed by atoms with van der Waals surface area (Å²) in [5.41, 5.74) is 10.2. The molecule has 0 saturated heterocycles. The van der Waals surface area contributed by atoms with Crippen LogP contribution in [0.15, 0.2) is 79.1 Å². The molecule has 4 N–H and O–H groups in total. The van der Waals surface area contributed by atoms with Gasteiger partial charge in [-0.3, -0.25) is 9.59 Å². The Labute approximate surface area is 248 Å². The molecule has 6 heterocycles. The van der Waals surface area contributed by atoms with E-state index < -0.39 is 11.8 Å². The zero-order chi connectivity index (χ0) is 30.2. The maximum absolute atomic E-state index is 12.9. The number of pyridine rings is 1. The molecule has 6 aromatic rings. The van der Waals surface area contributed by atoms with Gasteiger partial charge in [0.1, 0.15) is 36.4 Å². The Morgan fingerprint density at radius 2 is 1.09 bits per heavy atom. The second-order valence-corrected chi connectivity index (χ2v) is 10.3. The Hall–Kier alpha value is -5.89. The standard InChI is InChI=1S/C30H24N8O6/c1-15(31)5-16-6-17-8-18(7-16)10-33-26(40)22-12-42-30(36-22)24-14-44-28(38-24)20-4-2-3-19(34-20)27-37-23(13-43-27)29-35-21(11-41-29)25(39)32-9-17/h2-4,6-8,11-15H,5,9-10,31H2,1H3,(H,32,39)(H,33,40). The van der Waals surface area contributed by atoms with Gasteiger partial charge in [-0.1, -0.05) is 24.3 Å². The Kier molecular flexibility index (Phi) is 6.79. The molecule has 1 aliphatic rings. The number of hydrogen-bond donors (Lipinski definition) is 3. The molecule has 44 heavy (non-hydrogen) atoms. The van der Waals surface area contributed by atoms with Gasteiger partial charge in [0.05, 0.1) is 0 Å². The summed E-state index contributed by atoms with van der Waals surface area (Å²) in [6.45, 7) is 2.32. The molecular formula is C30H24N8O6. The average molecular weight is 593 g/mol. The van der Waals surface area contributed by atoms with Gasteiger partial charge in [-0.15, -0.1) is 0 Å². The van der Waals surface area contributed by atoms with Gasteiger partial charge in [-0.25, -0.2) is 24.9 Å². The highest BCUT2D eigenvalue weighted by molar-refractivity contribution is 5.92. The zero-order valence-corrected chi connectivity index (χ0v) is 23.2. The first-order valence-corrected chi connectivity index (χ1v) is 13.6. The van der Waals surface area contributed by atoms with E-state index in [9.17, 15) is 9.59 Å². The predicted octanol–water partition coefficient (Wildman–Crippen LogP) is 3.76. The Bertz CT molecular complexity index is 1870. The maximum atomic E-state index is 12.9. The largest absolute Gasteiger partial charge is 0.442 e. The third kappa shape index (κ3) is 5.48. The summed E-state index contributed by atoms with van der Waals surface area (Å²) in [4.78, 5) is 47.9. The van der Waals surface area contributed by atoms with Crippen molar-refractivity contribution in [1.29, 1.82) is 0 Å². The highest BCUT2D eigenvalue weighted by atomic mass is 16.4. The van der Waals surface area contributed by atoms with E-state index in [1.807, 2.05) is 25.1 Å². The molecular weight excluding hydrogens is 568 g/mol. The fourth-order valence-electron chi connectivity index (χ4n) is 4.72. The molecule has 220 valence electrons. The summed E-state index contributed by atoms with van der Waals surface area (Å²) in [6, 6.07) is 10.9. The highest BCUT2D eigenvalue weighted by Gasteiger charge is 2.21. The molecule has 2 amide bonds. The fraction of sp³-hybridized carbons (Fsp3) is 0.167. The number of amides is 2. The van der Waals surface area contributed by atoms with E-state index in [2.05, 4.69) is 35.6 Å². The molecule has 7 rings (SSSR count). The fourth-order valence-corrected chi connectivity index (χ4v) is 4.72. The summed E-state index contributed by atoms with van der Waals surface area (Å²) in [5.74, 6) is -0.277. The summed E-state index contributed by atoms with van der Waals surface area (Å²) in [5, 5.41) is 5.72. The molecule has 0 saturated carbocycles. The molecule has 1 aromatic carbocycles. The second kappa shape index (κ2) is 11.1. The average Bonchev–Trinajstić information content (AvgIpc) is 3.84. The lowest BCUT2D eigenvalue weighted by molar-refractivity contribution is 0.0938. The zero-order valence-electron chi connectivity index (χ0n) is 23.2. The second-order valence-electron chi connectivity index (χ2n) is 10.3. The highest BCUT2D eigenvalue weighted by Crippen LogP contribution is 2.27. The first kappa shape index (κ1) is 27.0. The van der Waals surface area contributed by atoms with Crippen LogP contribution in [0, 0.1) is 0 Å². The Balaban J connectivity index is 1.25. The molecule has 1 atom stereocenters. The molecule has 0 fully saturated rings. The molecule has 14 nitrogen and oxygen atoms in total. The van der Waals surface area contributed by atoms with Gasteiger partial charge in [-0.05, 0) is 42.2 Å². The molecule has 0 spiro atoms. The predicted molar refractivity (Wildman–Crippen MR) is 152 cm³/mol. The number of nitrogens with one attached hydrogen (secondary N) is 2. The van der Waals surface area contributed by atoms with E-state index in [1.54, 1.807) is 18.2 Å². The van der Waals surface area contributed by atoms with Crippen LogP contribution in [0.4, 0.5) is 0 Å². The smallest absolute Gasteiger partial charge is 0.273 e. The third-order valence-electron chi connectivity index (χ3n) is 6.68. The number of rotatable bonds is 2. The van der Waals surface area contributed by atoms with E-state index in [-0.39, 0.29) is 65.5 Å². The van der Waals surface area contributed by atoms with Crippen LogP contribution < -0.4 is 16.4 Å². The molecule has 0 aliphatic carbocycles. The number of carbonyl (C=O) groups excluding carboxylic acids is 2. The number of fused-ring (bicyclic) bond motifs is 16. The quantitative estimate of drug-likeness (QED) is 0.263. The minimum Gasteiger partial charge on any atom is -0.442 e. The number of nitrogens with two attached hydrogens (primary N) is 1. The van der Waals surface area contributed by atoms with Crippen molar-refractivity contribution in [3.8, 4) is 46.3 Å². The Morgan fingerprint density at radius 1 is 0.659 bits per heavy atom. The molecule has 5 aromatic heterocycles. The van der Waals surface area contributed by atoms with Crippen molar-refractivity contribution in [1.82, 2.24) is 35.6 Å². The molecule has 0 radical (unpaired) electrons. The lowest BCUT2D eigenvalue weighted by Crippen LogP contribution is -2.25. The lowest BCUT2D eigenvalue weighted by Gasteiger charge is -2.12. The van der Waals surface area contributed by atoms with Crippen LogP contribution in [0.2, 0.25) is 0 Å². The van der Waals surface area contributed by atoms with Crippen LogP contribution >= 0.6 is 0 Å². The van der Waals surface area contributed by atoms with Gasteiger partial charge < -0.3 is 34.0 Å². The molecule has 12 bridgehead atoms. The van der Waals surface area contributed by atoms with Crippen molar-refractivity contribution in [2.45, 2.75) is 32.5 Å². The van der Waals surface area contributed by atoms with Crippen molar-refractivity contribution in [3.63, 3.8) is 0 Å². The van der Waals surface area contributed by atoms with Crippen molar-refractivity contribution >= 4 is 11.8 Å².